The Bertz CT molecular complexity index is 1260. The highest BCUT2D eigenvalue weighted by molar-refractivity contribution is 5.86. The number of amides is 1. The van der Waals surface area contributed by atoms with E-state index in [-0.39, 0.29) is 11.3 Å². The minimum Gasteiger partial charge on any atom is -0.352 e. The summed E-state index contributed by atoms with van der Waals surface area (Å²) in [5, 5.41) is 4.64. The Balaban J connectivity index is 0.000000140. The highest BCUT2D eigenvalue weighted by Crippen LogP contribution is 2.32. The van der Waals surface area contributed by atoms with Crippen LogP contribution in [0.4, 0.5) is 13.2 Å². The summed E-state index contributed by atoms with van der Waals surface area (Å²) in [4.78, 5) is 16.7. The van der Waals surface area contributed by atoms with Gasteiger partial charge in [0.25, 0.3) is 0 Å². The molecule has 0 bridgehead atoms. The van der Waals surface area contributed by atoms with Gasteiger partial charge in [-0.05, 0) is 60.9 Å². The number of nitrogens with zero attached hydrogens (tertiary/aromatic N) is 3. The maximum absolute atomic E-state index is 13.5. The first-order valence-corrected chi connectivity index (χ1v) is 11.0. The van der Waals surface area contributed by atoms with Crippen LogP contribution in [-0.4, -0.2) is 38.7 Å². The Hall–Kier alpha value is -3.55. The van der Waals surface area contributed by atoms with Gasteiger partial charge < -0.3 is 9.88 Å². The smallest absolute Gasteiger partial charge is 0.225 e. The van der Waals surface area contributed by atoms with Gasteiger partial charge in [-0.2, -0.15) is 5.10 Å². The number of likely N-dealkylation sites (tertiary alicyclic amines) is 1. The number of fused-ring (bicyclic) bond motifs is 1. The summed E-state index contributed by atoms with van der Waals surface area (Å²) in [7, 11) is 0. The van der Waals surface area contributed by atoms with Gasteiger partial charge in [0.05, 0.1) is 11.6 Å². The molecule has 33 heavy (non-hydrogen) atoms. The summed E-state index contributed by atoms with van der Waals surface area (Å²) < 4.78 is 41.3. The molecule has 0 spiro atoms. The molecule has 4 aromatic rings. The highest BCUT2D eigenvalue weighted by Gasteiger charge is 2.37. The van der Waals surface area contributed by atoms with Crippen LogP contribution in [0.25, 0.3) is 22.2 Å². The topological polar surface area (TPSA) is 53.9 Å². The number of nitrogens with one attached hydrogen (secondary N) is 1. The molecular formula is C25H23F3N4O. The van der Waals surface area contributed by atoms with Crippen molar-refractivity contribution in [2.75, 3.05) is 13.1 Å². The number of rotatable bonds is 3. The summed E-state index contributed by atoms with van der Waals surface area (Å²) in [6.45, 7) is 1.69. The number of aromatic amines is 1. The molecule has 2 aromatic carbocycles. The molecule has 2 fully saturated rings. The van der Waals surface area contributed by atoms with Crippen LogP contribution >= 0.6 is 0 Å². The number of hydrogen-bond donors (Lipinski definition) is 1. The molecule has 8 heteroatoms. The average molecular weight is 452 g/mol. The molecular weight excluding hydrogens is 429 g/mol. The van der Waals surface area contributed by atoms with Crippen molar-refractivity contribution in [3.8, 4) is 11.3 Å². The summed E-state index contributed by atoms with van der Waals surface area (Å²) in [5.41, 5.74) is 1.58. The van der Waals surface area contributed by atoms with E-state index in [2.05, 4.69) is 10.1 Å². The third-order valence-electron chi connectivity index (χ3n) is 6.33. The van der Waals surface area contributed by atoms with Crippen LogP contribution in [0.1, 0.15) is 25.3 Å². The minimum atomic E-state index is -0.640. The molecule has 1 amide bonds. The zero-order valence-corrected chi connectivity index (χ0v) is 17.8. The van der Waals surface area contributed by atoms with E-state index in [1.807, 2.05) is 21.8 Å². The number of H-pyrrole nitrogens is 1. The van der Waals surface area contributed by atoms with Crippen molar-refractivity contribution in [1.82, 2.24) is 19.7 Å². The highest BCUT2D eigenvalue weighted by atomic mass is 19.1. The molecule has 170 valence electrons. The molecule has 0 unspecified atom stereocenters. The van der Waals surface area contributed by atoms with Gasteiger partial charge in [-0.3, -0.25) is 9.48 Å². The van der Waals surface area contributed by atoms with Crippen LogP contribution in [0.3, 0.4) is 0 Å². The Morgan fingerprint density at radius 3 is 2.39 bits per heavy atom. The van der Waals surface area contributed by atoms with E-state index in [1.54, 1.807) is 24.4 Å². The lowest BCUT2D eigenvalue weighted by atomic mass is 9.83. The van der Waals surface area contributed by atoms with Crippen LogP contribution in [0.2, 0.25) is 0 Å². The Labute approximate surface area is 188 Å². The quantitative estimate of drug-likeness (QED) is 0.458. The number of hydrogen-bond acceptors (Lipinski definition) is 2. The molecule has 1 N–H and O–H groups in total. The molecule has 2 aliphatic rings. The van der Waals surface area contributed by atoms with Gasteiger partial charge in [0, 0.05) is 48.5 Å². The lowest BCUT2D eigenvalue weighted by Gasteiger charge is -2.42. The van der Waals surface area contributed by atoms with Gasteiger partial charge in [-0.1, -0.05) is 6.42 Å². The minimum absolute atomic E-state index is 0.246. The van der Waals surface area contributed by atoms with Crippen LogP contribution in [0.5, 0.6) is 0 Å². The Kier molecular flexibility index (Phi) is 5.66. The van der Waals surface area contributed by atoms with E-state index in [4.69, 9.17) is 0 Å². The molecule has 2 aromatic heterocycles. The van der Waals surface area contributed by atoms with Gasteiger partial charge in [0.15, 0.2) is 0 Å². The normalized spacial score (nSPS) is 16.2. The van der Waals surface area contributed by atoms with Gasteiger partial charge in [0.2, 0.25) is 5.91 Å². The van der Waals surface area contributed by atoms with E-state index in [0.717, 1.165) is 32.0 Å². The fourth-order valence-corrected chi connectivity index (χ4v) is 4.16. The largest absolute Gasteiger partial charge is 0.352 e. The number of carbonyl (C=O) groups is 1. The number of halogens is 3. The third-order valence-corrected chi connectivity index (χ3v) is 6.33. The molecule has 5 nitrogen and oxygen atoms in total. The SMILES string of the molecule is Fc1ccc(-c2cc3cc(F)cc(F)c3[nH]2)cc1.O=C(C1CCC1)N1CC(n2cccn2)C1. The first kappa shape index (κ1) is 21.3. The van der Waals surface area contributed by atoms with Crippen molar-refractivity contribution >= 4 is 16.8 Å². The Morgan fingerprint density at radius 2 is 1.76 bits per heavy atom. The fraction of sp³-hybridized carbons (Fsp3) is 0.280. The van der Waals surface area contributed by atoms with Crippen molar-refractivity contribution in [3.05, 3.63) is 78.4 Å². The zero-order valence-electron chi connectivity index (χ0n) is 17.8. The Morgan fingerprint density at radius 1 is 1.00 bits per heavy atom. The molecule has 3 heterocycles. The molecule has 6 rings (SSSR count). The number of carbonyl (C=O) groups excluding carboxylic acids is 1. The van der Waals surface area contributed by atoms with Gasteiger partial charge in [-0.15, -0.1) is 0 Å². The second-order valence-electron chi connectivity index (χ2n) is 8.55. The number of benzene rings is 2. The van der Waals surface area contributed by atoms with E-state index >= 15 is 0 Å². The maximum Gasteiger partial charge on any atom is 0.225 e. The van der Waals surface area contributed by atoms with Gasteiger partial charge in [-0.25, -0.2) is 13.2 Å². The maximum atomic E-state index is 13.5. The predicted molar refractivity (Wildman–Crippen MR) is 119 cm³/mol. The lowest BCUT2D eigenvalue weighted by molar-refractivity contribution is -0.144. The average Bonchev–Trinajstić information content (AvgIpc) is 3.37. The van der Waals surface area contributed by atoms with Crippen molar-refractivity contribution < 1.29 is 18.0 Å². The second kappa shape index (κ2) is 8.77. The van der Waals surface area contributed by atoms with Crippen molar-refractivity contribution in [2.24, 2.45) is 5.92 Å². The van der Waals surface area contributed by atoms with E-state index < -0.39 is 11.6 Å². The third kappa shape index (κ3) is 4.37. The first-order valence-electron chi connectivity index (χ1n) is 11.0. The first-order chi connectivity index (χ1) is 16.0. The summed E-state index contributed by atoms with van der Waals surface area (Å²) in [5.74, 6) is -0.900. The number of aromatic nitrogens is 3. The van der Waals surface area contributed by atoms with Crippen molar-refractivity contribution in [3.63, 3.8) is 0 Å². The van der Waals surface area contributed by atoms with E-state index in [0.29, 0.717) is 34.5 Å². The molecule has 1 saturated carbocycles. The van der Waals surface area contributed by atoms with E-state index in [1.165, 1.54) is 24.6 Å². The summed E-state index contributed by atoms with van der Waals surface area (Å²) in [6.07, 6.45) is 7.18. The molecule has 1 saturated heterocycles. The second-order valence-corrected chi connectivity index (χ2v) is 8.55. The van der Waals surface area contributed by atoms with Gasteiger partial charge >= 0.3 is 0 Å². The van der Waals surface area contributed by atoms with Crippen LogP contribution in [-0.2, 0) is 4.79 Å². The fourth-order valence-electron chi connectivity index (χ4n) is 4.16. The van der Waals surface area contributed by atoms with E-state index in [9.17, 15) is 18.0 Å². The lowest BCUT2D eigenvalue weighted by Crippen LogP contribution is -2.53. The summed E-state index contributed by atoms with van der Waals surface area (Å²) >= 11 is 0. The molecule has 1 aliphatic carbocycles. The molecule has 0 atom stereocenters. The van der Waals surface area contributed by atoms with Gasteiger partial charge in [0.1, 0.15) is 17.5 Å². The summed E-state index contributed by atoms with van der Waals surface area (Å²) in [6, 6.07) is 11.8. The van der Waals surface area contributed by atoms with Crippen molar-refractivity contribution in [1.29, 1.82) is 0 Å². The standard InChI is InChI=1S/C14H8F3N.C11H15N3O/c15-10-3-1-8(2-4-10)13-6-9-5-11(16)7-12(17)14(9)18-13;15-11(9-3-1-4-9)13-7-10(8-13)14-6-2-5-12-14/h1-7,18H;2,5-6,9-10H,1,3-4,7-8H2. The molecule has 0 radical (unpaired) electrons. The van der Waals surface area contributed by atoms with Crippen LogP contribution in [0.15, 0.2) is 60.9 Å². The monoisotopic (exact) mass is 452 g/mol. The van der Waals surface area contributed by atoms with Crippen LogP contribution in [0, 0.1) is 23.4 Å². The molecule has 1 aliphatic heterocycles. The van der Waals surface area contributed by atoms with Crippen molar-refractivity contribution in [2.45, 2.75) is 25.3 Å². The zero-order chi connectivity index (χ0) is 22.9. The van der Waals surface area contributed by atoms with Crippen LogP contribution < -0.4 is 0 Å². The predicted octanol–water partition coefficient (Wildman–Crippen LogP) is 5.32.